The highest BCUT2D eigenvalue weighted by molar-refractivity contribution is 5.74. The Labute approximate surface area is 86.0 Å². The van der Waals surface area contributed by atoms with Crippen LogP contribution in [0, 0.1) is 0 Å². The van der Waals surface area contributed by atoms with Crippen LogP contribution in [-0.4, -0.2) is 48.6 Å². The number of nitrogens with two attached hydrogens (primary N) is 1. The van der Waals surface area contributed by atoms with E-state index in [1.54, 1.807) is 4.90 Å². The molecule has 0 radical (unpaired) electrons. The molecule has 1 aliphatic heterocycles. The summed E-state index contributed by atoms with van der Waals surface area (Å²) in [6, 6.07) is 0.404. The van der Waals surface area contributed by atoms with Crippen molar-refractivity contribution in [1.82, 2.24) is 9.80 Å². The van der Waals surface area contributed by atoms with Crippen LogP contribution >= 0.6 is 0 Å². The van der Waals surface area contributed by atoms with Gasteiger partial charge in [-0.1, -0.05) is 6.92 Å². The average molecular weight is 199 g/mol. The van der Waals surface area contributed by atoms with Gasteiger partial charge in [-0.25, -0.2) is 4.79 Å². The molecule has 14 heavy (non-hydrogen) atoms. The van der Waals surface area contributed by atoms with Crippen molar-refractivity contribution in [2.45, 2.75) is 32.2 Å². The van der Waals surface area contributed by atoms with Crippen LogP contribution < -0.4 is 5.73 Å². The van der Waals surface area contributed by atoms with E-state index in [1.807, 2.05) is 11.9 Å². The standard InChI is InChI=1S/C10H21N3O/c1-3-6-12(2)10(14)13-7-4-5-9(13)8-11/h9H,3-8,11H2,1-2H3. The molecule has 0 saturated carbocycles. The monoisotopic (exact) mass is 199 g/mol. The smallest absolute Gasteiger partial charge is 0.320 e. The Bertz CT molecular complexity index is 196. The molecule has 0 aromatic heterocycles. The molecule has 1 heterocycles. The summed E-state index contributed by atoms with van der Waals surface area (Å²) in [7, 11) is 1.86. The van der Waals surface area contributed by atoms with E-state index in [9.17, 15) is 4.79 Å². The van der Waals surface area contributed by atoms with Crippen LogP contribution in [0.3, 0.4) is 0 Å². The molecule has 82 valence electrons. The van der Waals surface area contributed by atoms with Gasteiger partial charge >= 0.3 is 6.03 Å². The number of likely N-dealkylation sites (tertiary alicyclic amines) is 1. The van der Waals surface area contributed by atoms with Crippen molar-refractivity contribution < 1.29 is 4.79 Å². The quantitative estimate of drug-likeness (QED) is 0.733. The highest BCUT2D eigenvalue weighted by atomic mass is 16.2. The Kier molecular flexibility index (Phi) is 4.20. The summed E-state index contributed by atoms with van der Waals surface area (Å²) in [4.78, 5) is 15.6. The van der Waals surface area contributed by atoms with Crippen molar-refractivity contribution in [2.24, 2.45) is 5.73 Å². The van der Waals surface area contributed by atoms with Gasteiger partial charge in [0.2, 0.25) is 0 Å². The van der Waals surface area contributed by atoms with Crippen molar-refractivity contribution in [2.75, 3.05) is 26.7 Å². The Hall–Kier alpha value is -0.770. The Morgan fingerprint density at radius 2 is 2.36 bits per heavy atom. The second-order valence-electron chi connectivity index (χ2n) is 3.93. The van der Waals surface area contributed by atoms with Gasteiger partial charge in [-0.15, -0.1) is 0 Å². The Balaban J connectivity index is 2.50. The maximum atomic E-state index is 11.9. The lowest BCUT2D eigenvalue weighted by molar-refractivity contribution is 0.159. The van der Waals surface area contributed by atoms with Gasteiger partial charge in [-0.2, -0.15) is 0 Å². The molecule has 1 fully saturated rings. The first-order valence-electron chi connectivity index (χ1n) is 5.42. The maximum Gasteiger partial charge on any atom is 0.320 e. The molecule has 4 heteroatoms. The summed E-state index contributed by atoms with van der Waals surface area (Å²) in [5.74, 6) is 0. The summed E-state index contributed by atoms with van der Waals surface area (Å²) in [6.07, 6.45) is 3.15. The topological polar surface area (TPSA) is 49.6 Å². The van der Waals surface area contributed by atoms with E-state index in [2.05, 4.69) is 6.92 Å². The highest BCUT2D eigenvalue weighted by Gasteiger charge is 2.28. The predicted octanol–water partition coefficient (Wildman–Crippen LogP) is 0.871. The van der Waals surface area contributed by atoms with Crippen LogP contribution in [-0.2, 0) is 0 Å². The molecule has 1 saturated heterocycles. The number of rotatable bonds is 3. The van der Waals surface area contributed by atoms with Gasteiger partial charge < -0.3 is 15.5 Å². The average Bonchev–Trinajstić information content (AvgIpc) is 2.64. The maximum absolute atomic E-state index is 11.9. The van der Waals surface area contributed by atoms with Gasteiger partial charge in [0.15, 0.2) is 0 Å². The fourth-order valence-corrected chi connectivity index (χ4v) is 1.98. The van der Waals surface area contributed by atoms with Crippen LogP contribution in [0.2, 0.25) is 0 Å². The Morgan fingerprint density at radius 3 is 2.93 bits per heavy atom. The molecule has 1 rings (SSSR count). The largest absolute Gasteiger partial charge is 0.328 e. The zero-order chi connectivity index (χ0) is 10.6. The lowest BCUT2D eigenvalue weighted by Crippen LogP contribution is -2.46. The Morgan fingerprint density at radius 1 is 1.64 bits per heavy atom. The molecule has 0 aliphatic carbocycles. The van der Waals surface area contributed by atoms with Crippen molar-refractivity contribution >= 4 is 6.03 Å². The molecular formula is C10H21N3O. The number of hydrogen-bond donors (Lipinski definition) is 1. The second kappa shape index (κ2) is 5.20. The lowest BCUT2D eigenvalue weighted by atomic mass is 10.2. The normalized spacial score (nSPS) is 21.4. The van der Waals surface area contributed by atoms with Crippen LogP contribution in [0.25, 0.3) is 0 Å². The van der Waals surface area contributed by atoms with Crippen molar-refractivity contribution in [3.8, 4) is 0 Å². The SMILES string of the molecule is CCCN(C)C(=O)N1CCCC1CN. The van der Waals surface area contributed by atoms with E-state index in [0.29, 0.717) is 6.54 Å². The lowest BCUT2D eigenvalue weighted by Gasteiger charge is -2.28. The minimum absolute atomic E-state index is 0.139. The van der Waals surface area contributed by atoms with E-state index in [0.717, 1.165) is 32.4 Å². The van der Waals surface area contributed by atoms with Gasteiger partial charge in [0, 0.05) is 32.7 Å². The van der Waals surface area contributed by atoms with Crippen molar-refractivity contribution in [3.05, 3.63) is 0 Å². The molecular weight excluding hydrogens is 178 g/mol. The van der Waals surface area contributed by atoms with E-state index < -0.39 is 0 Å². The third kappa shape index (κ3) is 2.38. The zero-order valence-electron chi connectivity index (χ0n) is 9.20. The van der Waals surface area contributed by atoms with Gasteiger partial charge in [0.05, 0.1) is 0 Å². The first kappa shape index (κ1) is 11.3. The van der Waals surface area contributed by atoms with Gasteiger partial charge in [-0.3, -0.25) is 0 Å². The van der Waals surface area contributed by atoms with Crippen LogP contribution in [0.1, 0.15) is 26.2 Å². The minimum Gasteiger partial charge on any atom is -0.328 e. The third-order valence-corrected chi connectivity index (χ3v) is 2.78. The van der Waals surface area contributed by atoms with Crippen molar-refractivity contribution in [3.63, 3.8) is 0 Å². The summed E-state index contributed by atoms with van der Waals surface area (Å²) in [5, 5.41) is 0. The van der Waals surface area contributed by atoms with Crippen molar-refractivity contribution in [1.29, 1.82) is 0 Å². The molecule has 0 bridgehead atoms. The zero-order valence-corrected chi connectivity index (χ0v) is 9.20. The second-order valence-corrected chi connectivity index (χ2v) is 3.93. The molecule has 2 N–H and O–H groups in total. The van der Waals surface area contributed by atoms with Gasteiger partial charge in [0.25, 0.3) is 0 Å². The molecule has 0 spiro atoms. The van der Waals surface area contributed by atoms with Gasteiger partial charge in [-0.05, 0) is 19.3 Å². The number of carbonyl (C=O) groups excluding carboxylic acids is 1. The van der Waals surface area contributed by atoms with Crippen LogP contribution in [0.15, 0.2) is 0 Å². The molecule has 0 aromatic carbocycles. The van der Waals surface area contributed by atoms with E-state index in [-0.39, 0.29) is 12.1 Å². The molecule has 4 nitrogen and oxygen atoms in total. The number of hydrogen-bond acceptors (Lipinski definition) is 2. The predicted molar refractivity (Wildman–Crippen MR) is 57.1 cm³/mol. The molecule has 1 atom stereocenters. The molecule has 1 unspecified atom stereocenters. The molecule has 0 aromatic rings. The fraction of sp³-hybridized carbons (Fsp3) is 0.900. The fourth-order valence-electron chi connectivity index (χ4n) is 1.98. The first-order chi connectivity index (χ1) is 6.70. The number of nitrogens with zero attached hydrogens (tertiary/aromatic N) is 2. The van der Waals surface area contributed by atoms with Gasteiger partial charge in [0.1, 0.15) is 0 Å². The summed E-state index contributed by atoms with van der Waals surface area (Å²) in [5.41, 5.74) is 5.62. The first-order valence-corrected chi connectivity index (χ1v) is 5.42. The minimum atomic E-state index is 0.139. The summed E-state index contributed by atoms with van der Waals surface area (Å²) >= 11 is 0. The van der Waals surface area contributed by atoms with E-state index in [4.69, 9.17) is 5.73 Å². The van der Waals surface area contributed by atoms with E-state index >= 15 is 0 Å². The third-order valence-electron chi connectivity index (χ3n) is 2.78. The number of carbonyl (C=O) groups is 1. The summed E-state index contributed by atoms with van der Waals surface area (Å²) in [6.45, 7) is 4.36. The number of amides is 2. The van der Waals surface area contributed by atoms with Crippen LogP contribution in [0.4, 0.5) is 4.79 Å². The van der Waals surface area contributed by atoms with Crippen LogP contribution in [0.5, 0.6) is 0 Å². The van der Waals surface area contributed by atoms with E-state index in [1.165, 1.54) is 0 Å². The summed E-state index contributed by atoms with van der Waals surface area (Å²) < 4.78 is 0. The number of urea groups is 1. The molecule has 1 aliphatic rings. The molecule has 2 amide bonds. The highest BCUT2D eigenvalue weighted by Crippen LogP contribution is 2.17.